The van der Waals surface area contributed by atoms with Crippen LogP contribution in [0.25, 0.3) is 16.6 Å². The molecule has 0 spiro atoms. The number of aromatic nitrogens is 1. The first-order valence-corrected chi connectivity index (χ1v) is 9.63. The van der Waals surface area contributed by atoms with Gasteiger partial charge < -0.3 is 14.7 Å². The average Bonchev–Trinajstić information content (AvgIpc) is 2.70. The van der Waals surface area contributed by atoms with Gasteiger partial charge in [0.25, 0.3) is 5.56 Å². The Bertz CT molecular complexity index is 1200. The van der Waals surface area contributed by atoms with Gasteiger partial charge in [0.1, 0.15) is 5.56 Å². The molecule has 0 bridgehead atoms. The lowest BCUT2D eigenvalue weighted by Gasteiger charge is -2.33. The summed E-state index contributed by atoms with van der Waals surface area (Å²) in [6.07, 6.45) is 1.11. The Hall–Kier alpha value is -2.84. The third kappa shape index (κ3) is 2.45. The lowest BCUT2D eigenvalue weighted by molar-refractivity contribution is 0.0694. The molecule has 0 saturated carbocycles. The van der Waals surface area contributed by atoms with Crippen molar-refractivity contribution in [1.82, 2.24) is 4.40 Å². The fourth-order valence-electron chi connectivity index (χ4n) is 3.85. The van der Waals surface area contributed by atoms with Crippen LogP contribution in [0.5, 0.6) is 0 Å². The minimum absolute atomic E-state index is 0.371. The van der Waals surface area contributed by atoms with Crippen LogP contribution in [0, 0.1) is 5.82 Å². The lowest BCUT2D eigenvalue weighted by atomic mass is 10.00. The molecule has 6 nitrogen and oxygen atoms in total. The number of pyridine rings is 2. The zero-order valence-corrected chi connectivity index (χ0v) is 15.5. The number of benzene rings is 1. The normalized spacial score (nSPS) is 15.5. The van der Waals surface area contributed by atoms with Gasteiger partial charge in [0.15, 0.2) is 5.82 Å². The molecule has 0 atom stereocenters. The van der Waals surface area contributed by atoms with E-state index in [1.807, 2.05) is 29.2 Å². The van der Waals surface area contributed by atoms with E-state index in [9.17, 15) is 14.7 Å². The quantitative estimate of drug-likeness (QED) is 0.560. The van der Waals surface area contributed by atoms with Crippen LogP contribution in [0.15, 0.2) is 51.1 Å². The molecule has 8 heteroatoms. The summed E-state index contributed by atoms with van der Waals surface area (Å²) in [4.78, 5) is 27.7. The standard InChI is InChI=1S/C20H15FN2O4S/c21-13-10-23-18-15(9-12(19(23)24)20(25)26)28-14-4-2-1-3-11(14)16(18)17(13)22-5-7-27-8-6-22/h1-4,9-10H,5-8H2,(H,25,26). The van der Waals surface area contributed by atoms with Gasteiger partial charge in [-0.3, -0.25) is 9.20 Å². The zero-order valence-electron chi connectivity index (χ0n) is 14.6. The number of aromatic carboxylic acids is 1. The highest BCUT2D eigenvalue weighted by molar-refractivity contribution is 7.99. The topological polar surface area (TPSA) is 71.2 Å². The number of rotatable bonds is 2. The third-order valence-corrected chi connectivity index (χ3v) is 6.18. The maximum absolute atomic E-state index is 15.3. The van der Waals surface area contributed by atoms with Gasteiger partial charge >= 0.3 is 5.97 Å². The molecular formula is C20H15FN2O4S. The van der Waals surface area contributed by atoms with Gasteiger partial charge in [-0.15, -0.1) is 0 Å². The Labute approximate surface area is 163 Å². The summed E-state index contributed by atoms with van der Waals surface area (Å²) in [5.74, 6) is -1.88. The highest BCUT2D eigenvalue weighted by atomic mass is 32.2. The summed E-state index contributed by atoms with van der Waals surface area (Å²) in [6, 6.07) is 8.97. The van der Waals surface area contributed by atoms with Gasteiger partial charge in [0.2, 0.25) is 0 Å². The second-order valence-corrected chi connectivity index (χ2v) is 7.73. The Balaban J connectivity index is 1.93. The first-order valence-electron chi connectivity index (χ1n) is 8.81. The summed E-state index contributed by atoms with van der Waals surface area (Å²) in [7, 11) is 0. The van der Waals surface area contributed by atoms with Crippen molar-refractivity contribution in [3.8, 4) is 11.1 Å². The highest BCUT2D eigenvalue weighted by Gasteiger charge is 2.30. The fraction of sp³-hybridized carbons (Fsp3) is 0.200. The number of morpholine rings is 1. The van der Waals surface area contributed by atoms with Gasteiger partial charge in [-0.1, -0.05) is 30.0 Å². The van der Waals surface area contributed by atoms with Crippen molar-refractivity contribution in [2.45, 2.75) is 9.79 Å². The van der Waals surface area contributed by atoms with E-state index in [4.69, 9.17) is 4.74 Å². The molecule has 1 saturated heterocycles. The van der Waals surface area contributed by atoms with E-state index in [1.165, 1.54) is 17.8 Å². The van der Waals surface area contributed by atoms with Crippen molar-refractivity contribution in [1.29, 1.82) is 0 Å². The van der Waals surface area contributed by atoms with Gasteiger partial charge in [-0.05, 0) is 17.7 Å². The number of hydrogen-bond acceptors (Lipinski definition) is 5. The Morgan fingerprint density at radius 2 is 1.93 bits per heavy atom. The molecule has 1 N–H and O–H groups in total. The van der Waals surface area contributed by atoms with Crippen LogP contribution in [0.1, 0.15) is 10.4 Å². The second kappa shape index (κ2) is 6.35. The average molecular weight is 398 g/mol. The largest absolute Gasteiger partial charge is 0.477 e. The first-order chi connectivity index (χ1) is 13.6. The van der Waals surface area contributed by atoms with Gasteiger partial charge in [-0.25, -0.2) is 9.18 Å². The molecule has 0 radical (unpaired) electrons. The molecule has 2 aliphatic heterocycles. The van der Waals surface area contributed by atoms with Crippen LogP contribution in [0.4, 0.5) is 10.1 Å². The predicted octanol–water partition coefficient (Wildman–Crippen LogP) is 3.11. The summed E-state index contributed by atoms with van der Waals surface area (Å²) in [5, 5.41) is 9.42. The number of carboxylic acid groups (broad SMARTS) is 1. The smallest absolute Gasteiger partial charge is 0.341 e. The van der Waals surface area contributed by atoms with Crippen molar-refractivity contribution in [3.63, 3.8) is 0 Å². The maximum Gasteiger partial charge on any atom is 0.341 e. The van der Waals surface area contributed by atoms with Gasteiger partial charge in [-0.2, -0.15) is 0 Å². The highest BCUT2D eigenvalue weighted by Crippen LogP contribution is 2.50. The molecule has 3 aromatic rings. The molecule has 28 heavy (non-hydrogen) atoms. The summed E-state index contributed by atoms with van der Waals surface area (Å²) in [6.45, 7) is 2.08. The molecular weight excluding hydrogens is 383 g/mol. The number of anilines is 1. The maximum atomic E-state index is 15.3. The van der Waals surface area contributed by atoms with E-state index in [2.05, 4.69) is 0 Å². The molecule has 2 aliphatic rings. The number of carboxylic acids is 1. The number of carbonyl (C=O) groups is 1. The van der Waals surface area contributed by atoms with Crippen molar-refractivity contribution >= 4 is 28.9 Å². The van der Waals surface area contributed by atoms with Crippen LogP contribution in [0.2, 0.25) is 0 Å². The molecule has 1 fully saturated rings. The van der Waals surface area contributed by atoms with Gasteiger partial charge in [0.05, 0.1) is 30.6 Å². The molecule has 0 unspecified atom stereocenters. The summed E-state index contributed by atoms with van der Waals surface area (Å²) in [5.41, 5.74) is 1.33. The number of fused-ring (bicyclic) bond motifs is 2. The van der Waals surface area contributed by atoms with Crippen LogP contribution in [-0.4, -0.2) is 41.8 Å². The minimum Gasteiger partial charge on any atom is -0.477 e. The number of nitrogens with zero attached hydrogens (tertiary/aromatic N) is 2. The Morgan fingerprint density at radius 3 is 2.68 bits per heavy atom. The molecule has 2 aromatic heterocycles. The first kappa shape index (κ1) is 17.3. The Morgan fingerprint density at radius 1 is 1.18 bits per heavy atom. The summed E-state index contributed by atoms with van der Waals surface area (Å²) < 4.78 is 21.9. The molecule has 0 aliphatic carbocycles. The SMILES string of the molecule is O=C(O)c1cc2c3c(c(N4CCOCC4)c(F)cn3c1=O)-c1ccccc1S2. The van der Waals surface area contributed by atoms with Crippen LogP contribution in [-0.2, 0) is 4.74 Å². The van der Waals surface area contributed by atoms with E-state index in [0.29, 0.717) is 48.0 Å². The molecule has 4 heterocycles. The minimum atomic E-state index is -1.32. The second-order valence-electron chi connectivity index (χ2n) is 6.65. The summed E-state index contributed by atoms with van der Waals surface area (Å²) >= 11 is 1.39. The van der Waals surface area contributed by atoms with Gasteiger partial charge in [0, 0.05) is 28.4 Å². The van der Waals surface area contributed by atoms with Crippen molar-refractivity contribution in [2.24, 2.45) is 0 Å². The molecule has 1 aromatic carbocycles. The van der Waals surface area contributed by atoms with E-state index >= 15 is 4.39 Å². The molecule has 0 amide bonds. The molecule has 5 rings (SSSR count). The fourth-order valence-corrected chi connectivity index (χ4v) is 4.98. The van der Waals surface area contributed by atoms with Crippen molar-refractivity contribution < 1.29 is 19.0 Å². The van der Waals surface area contributed by atoms with E-state index in [-0.39, 0.29) is 5.56 Å². The van der Waals surface area contributed by atoms with E-state index < -0.39 is 17.3 Å². The number of halogens is 1. The van der Waals surface area contributed by atoms with Crippen LogP contribution < -0.4 is 10.5 Å². The third-order valence-electron chi connectivity index (χ3n) is 5.08. The predicted molar refractivity (Wildman–Crippen MR) is 103 cm³/mol. The van der Waals surface area contributed by atoms with Crippen LogP contribution >= 0.6 is 11.8 Å². The van der Waals surface area contributed by atoms with E-state index in [1.54, 1.807) is 0 Å². The van der Waals surface area contributed by atoms with E-state index in [0.717, 1.165) is 21.1 Å². The number of hydrogen-bond donors (Lipinski definition) is 1. The molecule has 142 valence electrons. The lowest BCUT2D eigenvalue weighted by Crippen LogP contribution is -2.37. The van der Waals surface area contributed by atoms with Crippen LogP contribution in [0.3, 0.4) is 0 Å². The van der Waals surface area contributed by atoms with Crippen molar-refractivity contribution in [3.05, 3.63) is 58.3 Å². The zero-order chi connectivity index (χ0) is 19.4. The monoisotopic (exact) mass is 398 g/mol. The number of ether oxygens (including phenoxy) is 1. The Kier molecular flexibility index (Phi) is 3.92. The van der Waals surface area contributed by atoms with Crippen molar-refractivity contribution in [2.75, 3.05) is 31.2 Å².